The van der Waals surface area contributed by atoms with Crippen LogP contribution >= 0.6 is 0 Å². The molecule has 1 fully saturated rings. The Kier molecular flexibility index (Phi) is 3.58. The molecule has 0 saturated carbocycles. The van der Waals surface area contributed by atoms with Crippen molar-refractivity contribution in [3.8, 4) is 6.01 Å². The van der Waals surface area contributed by atoms with E-state index in [-0.39, 0.29) is 24.1 Å². The van der Waals surface area contributed by atoms with Crippen molar-refractivity contribution < 1.29 is 9.47 Å². The Hall–Kier alpha value is -1.63. The van der Waals surface area contributed by atoms with Crippen LogP contribution in [0.3, 0.4) is 0 Å². The second-order valence-electron chi connectivity index (χ2n) is 4.17. The highest BCUT2D eigenvalue weighted by Crippen LogP contribution is 2.14. The molecule has 1 aromatic rings. The summed E-state index contributed by atoms with van der Waals surface area (Å²) in [5.41, 5.74) is 5.60. The van der Waals surface area contributed by atoms with E-state index in [2.05, 4.69) is 20.3 Å². The van der Waals surface area contributed by atoms with Crippen molar-refractivity contribution in [1.82, 2.24) is 15.0 Å². The van der Waals surface area contributed by atoms with Crippen molar-refractivity contribution >= 4 is 11.9 Å². The van der Waals surface area contributed by atoms with Gasteiger partial charge in [0, 0.05) is 6.61 Å². The van der Waals surface area contributed by atoms with Gasteiger partial charge in [0.05, 0.1) is 18.8 Å². The van der Waals surface area contributed by atoms with Gasteiger partial charge in [0.15, 0.2) is 0 Å². The molecule has 1 atom stereocenters. The van der Waals surface area contributed by atoms with Gasteiger partial charge in [0.1, 0.15) is 0 Å². The van der Waals surface area contributed by atoms with E-state index in [0.717, 1.165) is 13.0 Å². The van der Waals surface area contributed by atoms with E-state index >= 15 is 0 Å². The van der Waals surface area contributed by atoms with Gasteiger partial charge in [-0.25, -0.2) is 0 Å². The third-order valence-corrected chi connectivity index (χ3v) is 2.24. The monoisotopic (exact) mass is 239 g/mol. The minimum atomic E-state index is -0.000496. The molecule has 2 rings (SSSR count). The lowest BCUT2D eigenvalue weighted by atomic mass is 10.3. The van der Waals surface area contributed by atoms with Crippen LogP contribution in [0.25, 0.3) is 0 Å². The van der Waals surface area contributed by atoms with E-state index in [1.54, 1.807) is 0 Å². The predicted molar refractivity (Wildman–Crippen MR) is 62.9 cm³/mol. The summed E-state index contributed by atoms with van der Waals surface area (Å²) >= 11 is 0. The first-order valence-electron chi connectivity index (χ1n) is 5.66. The van der Waals surface area contributed by atoms with Crippen molar-refractivity contribution in [2.45, 2.75) is 32.4 Å². The maximum absolute atomic E-state index is 5.60. The van der Waals surface area contributed by atoms with Crippen molar-refractivity contribution in [2.24, 2.45) is 0 Å². The van der Waals surface area contributed by atoms with Crippen LogP contribution in [0.2, 0.25) is 0 Å². The molecular formula is C10H17N5O2. The fraction of sp³-hybridized carbons (Fsp3) is 0.700. The first-order valence-corrected chi connectivity index (χ1v) is 5.66. The lowest BCUT2D eigenvalue weighted by molar-refractivity contribution is 0.195. The molecule has 1 saturated heterocycles. The second kappa shape index (κ2) is 5.13. The maximum Gasteiger partial charge on any atom is 0.323 e. The number of nitrogen functional groups attached to an aromatic ring is 1. The molecule has 0 aromatic carbocycles. The van der Waals surface area contributed by atoms with Crippen molar-refractivity contribution in [3.05, 3.63) is 0 Å². The van der Waals surface area contributed by atoms with Crippen LogP contribution in [0.4, 0.5) is 11.9 Å². The zero-order valence-electron chi connectivity index (χ0n) is 10.0. The molecule has 0 radical (unpaired) electrons. The van der Waals surface area contributed by atoms with Crippen LogP contribution in [-0.2, 0) is 4.74 Å². The smallest absolute Gasteiger partial charge is 0.323 e. The van der Waals surface area contributed by atoms with Crippen molar-refractivity contribution in [2.75, 3.05) is 24.3 Å². The first kappa shape index (κ1) is 11.8. The number of hydrogen-bond donors (Lipinski definition) is 2. The number of ether oxygens (including phenoxy) is 2. The van der Waals surface area contributed by atoms with E-state index in [1.165, 1.54) is 0 Å². The Morgan fingerprint density at radius 2 is 2.24 bits per heavy atom. The Balaban J connectivity index is 2.07. The molecule has 7 heteroatoms. The van der Waals surface area contributed by atoms with E-state index in [1.807, 2.05) is 13.8 Å². The minimum Gasteiger partial charge on any atom is -0.461 e. The van der Waals surface area contributed by atoms with E-state index in [4.69, 9.17) is 15.2 Å². The van der Waals surface area contributed by atoms with Gasteiger partial charge in [-0.15, -0.1) is 0 Å². The molecule has 1 unspecified atom stereocenters. The SMILES string of the molecule is CC(C)Oc1nc(N)nc(NC2CCOC2)n1. The third-order valence-electron chi connectivity index (χ3n) is 2.24. The number of anilines is 2. The molecule has 1 aliphatic rings. The fourth-order valence-electron chi connectivity index (χ4n) is 1.53. The summed E-state index contributed by atoms with van der Waals surface area (Å²) in [5, 5.41) is 3.15. The summed E-state index contributed by atoms with van der Waals surface area (Å²) in [6, 6.07) is 0.470. The summed E-state index contributed by atoms with van der Waals surface area (Å²) < 4.78 is 10.6. The van der Waals surface area contributed by atoms with E-state index in [0.29, 0.717) is 12.6 Å². The normalized spacial score (nSPS) is 19.6. The fourth-order valence-corrected chi connectivity index (χ4v) is 1.53. The third kappa shape index (κ3) is 3.42. The van der Waals surface area contributed by atoms with Crippen LogP contribution < -0.4 is 15.8 Å². The molecular weight excluding hydrogens is 222 g/mol. The lowest BCUT2D eigenvalue weighted by Gasteiger charge is -2.12. The van der Waals surface area contributed by atoms with Crippen molar-refractivity contribution in [3.63, 3.8) is 0 Å². The summed E-state index contributed by atoms with van der Waals surface area (Å²) in [5.74, 6) is 0.584. The second-order valence-corrected chi connectivity index (χ2v) is 4.17. The van der Waals surface area contributed by atoms with Gasteiger partial charge in [-0.2, -0.15) is 15.0 Å². The van der Waals surface area contributed by atoms with Gasteiger partial charge in [0.2, 0.25) is 11.9 Å². The van der Waals surface area contributed by atoms with Crippen LogP contribution in [0, 0.1) is 0 Å². The highest BCUT2D eigenvalue weighted by molar-refractivity contribution is 5.33. The molecule has 1 aliphatic heterocycles. The quantitative estimate of drug-likeness (QED) is 0.787. The molecule has 94 valence electrons. The molecule has 2 heterocycles. The molecule has 1 aromatic heterocycles. The number of rotatable bonds is 4. The Morgan fingerprint density at radius 3 is 2.88 bits per heavy atom. The van der Waals surface area contributed by atoms with Crippen LogP contribution in [0.1, 0.15) is 20.3 Å². The summed E-state index contributed by atoms with van der Waals surface area (Å²) in [4.78, 5) is 12.1. The number of aromatic nitrogens is 3. The summed E-state index contributed by atoms with van der Waals surface area (Å²) in [6.07, 6.45) is 0.936. The van der Waals surface area contributed by atoms with Crippen LogP contribution in [0.15, 0.2) is 0 Å². The van der Waals surface area contributed by atoms with Gasteiger partial charge in [-0.05, 0) is 20.3 Å². The van der Waals surface area contributed by atoms with E-state index in [9.17, 15) is 0 Å². The highest BCUT2D eigenvalue weighted by Gasteiger charge is 2.17. The largest absolute Gasteiger partial charge is 0.461 e. The Bertz CT molecular complexity index is 379. The van der Waals surface area contributed by atoms with Crippen LogP contribution in [0.5, 0.6) is 6.01 Å². The van der Waals surface area contributed by atoms with Gasteiger partial charge in [-0.1, -0.05) is 0 Å². The average molecular weight is 239 g/mol. The van der Waals surface area contributed by atoms with Gasteiger partial charge in [-0.3, -0.25) is 0 Å². The molecule has 17 heavy (non-hydrogen) atoms. The highest BCUT2D eigenvalue weighted by atomic mass is 16.5. The zero-order chi connectivity index (χ0) is 12.3. The molecule has 7 nitrogen and oxygen atoms in total. The number of nitrogens with one attached hydrogen (secondary N) is 1. The number of nitrogens with zero attached hydrogens (tertiary/aromatic N) is 3. The molecule has 0 bridgehead atoms. The van der Waals surface area contributed by atoms with E-state index < -0.39 is 0 Å². The average Bonchev–Trinajstić information content (AvgIpc) is 2.67. The number of nitrogens with two attached hydrogens (primary N) is 1. The first-order chi connectivity index (χ1) is 8.13. The Labute approximate surface area is 99.8 Å². The summed E-state index contributed by atoms with van der Waals surface area (Å²) in [7, 11) is 0. The van der Waals surface area contributed by atoms with Crippen LogP contribution in [-0.4, -0.2) is 40.3 Å². The predicted octanol–water partition coefficient (Wildman–Crippen LogP) is 0.442. The number of hydrogen-bond acceptors (Lipinski definition) is 7. The maximum atomic E-state index is 5.60. The lowest BCUT2D eigenvalue weighted by Crippen LogP contribution is -2.21. The van der Waals surface area contributed by atoms with Crippen molar-refractivity contribution in [1.29, 1.82) is 0 Å². The molecule has 0 amide bonds. The molecule has 3 N–H and O–H groups in total. The summed E-state index contributed by atoms with van der Waals surface area (Å²) in [6.45, 7) is 5.22. The minimum absolute atomic E-state index is 0.000496. The molecule has 0 spiro atoms. The van der Waals surface area contributed by atoms with Gasteiger partial charge >= 0.3 is 6.01 Å². The Morgan fingerprint density at radius 1 is 1.41 bits per heavy atom. The topological polar surface area (TPSA) is 95.2 Å². The molecule has 0 aliphatic carbocycles. The standard InChI is InChI=1S/C10H17N5O2/c1-6(2)17-10-14-8(11)13-9(15-10)12-7-3-4-16-5-7/h6-7H,3-5H2,1-2H3,(H3,11,12,13,14,15). The van der Waals surface area contributed by atoms with Gasteiger partial charge in [0.25, 0.3) is 0 Å². The zero-order valence-corrected chi connectivity index (χ0v) is 10.0. The van der Waals surface area contributed by atoms with Gasteiger partial charge < -0.3 is 20.5 Å².